The van der Waals surface area contributed by atoms with Gasteiger partial charge in [0.15, 0.2) is 5.69 Å². The summed E-state index contributed by atoms with van der Waals surface area (Å²) >= 11 is 0.942. The Morgan fingerprint density at radius 3 is 2.59 bits per heavy atom. The molecule has 0 aliphatic carbocycles. The van der Waals surface area contributed by atoms with Crippen molar-refractivity contribution in [3.63, 3.8) is 0 Å². The molecule has 0 radical (unpaired) electrons. The van der Waals surface area contributed by atoms with Crippen molar-refractivity contribution in [3.05, 3.63) is 65.0 Å². The second-order valence-corrected chi connectivity index (χ2v) is 12.2. The number of anilines is 2. The van der Waals surface area contributed by atoms with Gasteiger partial charge in [-0.25, -0.2) is 22.6 Å². The van der Waals surface area contributed by atoms with Crippen molar-refractivity contribution in [2.75, 3.05) is 36.4 Å². The lowest BCUT2D eigenvalue weighted by Crippen LogP contribution is -2.31. The average molecular weight is 604 g/mol. The number of ether oxygens (including phenoxy) is 2. The van der Waals surface area contributed by atoms with Gasteiger partial charge < -0.3 is 20.1 Å². The van der Waals surface area contributed by atoms with Gasteiger partial charge in [0.1, 0.15) is 22.4 Å². The smallest absolute Gasteiger partial charge is 0.360 e. The Labute approximate surface area is 241 Å². The van der Waals surface area contributed by atoms with Gasteiger partial charge in [-0.3, -0.25) is 14.1 Å². The van der Waals surface area contributed by atoms with E-state index in [1.807, 2.05) is 13.8 Å². The first-order valence-electron chi connectivity index (χ1n) is 12.7. The van der Waals surface area contributed by atoms with Crippen LogP contribution in [0.2, 0.25) is 0 Å². The third-order valence-electron chi connectivity index (χ3n) is 5.88. The van der Waals surface area contributed by atoms with Gasteiger partial charge in [0.25, 0.3) is 10.0 Å². The van der Waals surface area contributed by atoms with Crippen molar-refractivity contribution < 1.29 is 31.9 Å². The lowest BCUT2D eigenvalue weighted by Gasteiger charge is -2.24. The van der Waals surface area contributed by atoms with Crippen LogP contribution in [-0.4, -0.2) is 57.9 Å². The minimum atomic E-state index is -4.43. The van der Waals surface area contributed by atoms with Crippen LogP contribution in [0.3, 0.4) is 0 Å². The Morgan fingerprint density at radius 2 is 1.95 bits per heavy atom. The number of nitrogens with one attached hydrogen (secondary N) is 2. The van der Waals surface area contributed by atoms with E-state index in [9.17, 15) is 18.0 Å². The summed E-state index contributed by atoms with van der Waals surface area (Å²) in [4.78, 5) is 33.0. The number of halogens is 1. The van der Waals surface area contributed by atoms with E-state index in [-0.39, 0.29) is 46.8 Å². The molecule has 11 nitrogen and oxygen atoms in total. The van der Waals surface area contributed by atoms with Gasteiger partial charge in [-0.1, -0.05) is 26.0 Å². The van der Waals surface area contributed by atoms with Crippen LogP contribution in [0.5, 0.6) is 5.75 Å². The number of carbonyl (C=O) groups excluding carboxylic acids is 2. The lowest BCUT2D eigenvalue weighted by molar-refractivity contribution is -0.115. The van der Waals surface area contributed by atoms with E-state index < -0.39 is 27.7 Å². The number of aromatic nitrogens is 1. The van der Waals surface area contributed by atoms with Gasteiger partial charge in [-0.15, -0.1) is 11.3 Å². The van der Waals surface area contributed by atoms with E-state index in [4.69, 9.17) is 9.47 Å². The van der Waals surface area contributed by atoms with Crippen LogP contribution in [0.4, 0.5) is 15.1 Å². The zero-order valence-corrected chi connectivity index (χ0v) is 24.4. The van der Waals surface area contributed by atoms with Crippen molar-refractivity contribution in [1.82, 2.24) is 10.3 Å². The lowest BCUT2D eigenvalue weighted by atomic mass is 10.2. The number of thiazole rings is 1. The van der Waals surface area contributed by atoms with Gasteiger partial charge >= 0.3 is 5.97 Å². The number of sulfonamides is 1. The third-order valence-corrected chi connectivity index (χ3v) is 8.58. The van der Waals surface area contributed by atoms with Gasteiger partial charge in [0, 0.05) is 6.54 Å². The monoisotopic (exact) mass is 603 g/mol. The number of nitrogens with zero attached hydrogens (tertiary/aromatic N) is 3. The summed E-state index contributed by atoms with van der Waals surface area (Å²) in [5.74, 6) is -1.06. The standard InChI is InChI=1S/C27H30FN5O6S2/c1-17(2)15-39-27(35)25-26(40-16-31-25)33(14-18-4-6-19(38-3)7-5-18)41(36,37)20-8-9-22(21(28)12-20)32-24(34)13-23-29-10-11-30-23/h4-9,12,16-17H,10-11,13-15H2,1-3H3,(H,29,30)(H,32,34). The van der Waals surface area contributed by atoms with Crippen molar-refractivity contribution in [2.45, 2.75) is 31.7 Å². The summed E-state index contributed by atoms with van der Waals surface area (Å²) in [7, 11) is -2.92. The minimum absolute atomic E-state index is 0.0252. The predicted molar refractivity (Wildman–Crippen MR) is 154 cm³/mol. The maximum Gasteiger partial charge on any atom is 0.360 e. The molecule has 1 amide bonds. The molecule has 1 aliphatic heterocycles. The van der Waals surface area contributed by atoms with Crippen LogP contribution in [0.15, 0.2) is 57.9 Å². The number of esters is 1. The van der Waals surface area contributed by atoms with Crippen LogP contribution >= 0.6 is 11.3 Å². The molecule has 14 heteroatoms. The molecule has 0 unspecified atom stereocenters. The van der Waals surface area contributed by atoms with Crippen molar-refractivity contribution in [3.8, 4) is 5.75 Å². The van der Waals surface area contributed by atoms with Crippen molar-refractivity contribution in [2.24, 2.45) is 10.9 Å². The number of aliphatic imine (C=N–C) groups is 1. The second kappa shape index (κ2) is 13.1. The number of hydrogen-bond donors (Lipinski definition) is 2. The van der Waals surface area contributed by atoms with Crippen LogP contribution < -0.4 is 19.7 Å². The van der Waals surface area contributed by atoms with E-state index >= 15 is 4.39 Å². The molecule has 218 valence electrons. The van der Waals surface area contributed by atoms with E-state index in [2.05, 4.69) is 20.6 Å². The van der Waals surface area contributed by atoms with E-state index in [1.54, 1.807) is 24.3 Å². The summed E-state index contributed by atoms with van der Waals surface area (Å²) in [6, 6.07) is 9.92. The average Bonchev–Trinajstić information content (AvgIpc) is 3.64. The Balaban J connectivity index is 1.66. The summed E-state index contributed by atoms with van der Waals surface area (Å²) < 4.78 is 54.5. The van der Waals surface area contributed by atoms with E-state index in [0.717, 1.165) is 21.7 Å². The molecule has 4 rings (SSSR count). The molecular weight excluding hydrogens is 573 g/mol. The predicted octanol–water partition coefficient (Wildman–Crippen LogP) is 3.83. The third kappa shape index (κ3) is 7.38. The molecule has 0 fully saturated rings. The highest BCUT2D eigenvalue weighted by atomic mass is 32.2. The molecule has 2 N–H and O–H groups in total. The zero-order valence-electron chi connectivity index (χ0n) is 22.7. The van der Waals surface area contributed by atoms with Crippen molar-refractivity contribution in [1.29, 1.82) is 0 Å². The normalized spacial score (nSPS) is 13.0. The highest BCUT2D eigenvalue weighted by Crippen LogP contribution is 2.34. The Bertz CT molecular complexity index is 1540. The number of hydrogen-bond acceptors (Lipinski definition) is 10. The van der Waals surface area contributed by atoms with Crippen LogP contribution in [0.1, 0.15) is 36.3 Å². The topological polar surface area (TPSA) is 139 Å². The largest absolute Gasteiger partial charge is 0.497 e. The molecule has 0 saturated heterocycles. The molecule has 0 atom stereocenters. The van der Waals surface area contributed by atoms with Crippen molar-refractivity contribution >= 4 is 49.8 Å². The minimum Gasteiger partial charge on any atom is -0.497 e. The Morgan fingerprint density at radius 1 is 1.20 bits per heavy atom. The maximum atomic E-state index is 15.1. The molecule has 3 aromatic rings. The van der Waals surface area contributed by atoms with Gasteiger partial charge in [0.05, 0.1) is 49.3 Å². The molecule has 1 aromatic heterocycles. The van der Waals surface area contributed by atoms with Crippen LogP contribution in [-0.2, 0) is 26.1 Å². The van der Waals surface area contributed by atoms with Crippen LogP contribution in [0.25, 0.3) is 0 Å². The van der Waals surface area contributed by atoms with E-state index in [0.29, 0.717) is 30.2 Å². The SMILES string of the molecule is COc1ccc(CN(c2scnc2C(=O)OCC(C)C)S(=O)(=O)c2ccc(NC(=O)CC3=NCCN3)c(F)c2)cc1. The summed E-state index contributed by atoms with van der Waals surface area (Å²) in [5.41, 5.74) is 1.59. The maximum absolute atomic E-state index is 15.1. The fourth-order valence-electron chi connectivity index (χ4n) is 3.83. The van der Waals surface area contributed by atoms with E-state index in [1.165, 1.54) is 24.8 Å². The summed E-state index contributed by atoms with van der Waals surface area (Å²) in [6.07, 6.45) is -0.0593. The molecule has 2 aromatic carbocycles. The van der Waals surface area contributed by atoms with Crippen LogP contribution in [0, 0.1) is 11.7 Å². The second-order valence-electron chi connectivity index (χ2n) is 9.48. The molecular formula is C27H30FN5O6S2. The van der Waals surface area contributed by atoms with Gasteiger partial charge in [-0.2, -0.15) is 0 Å². The highest BCUT2D eigenvalue weighted by Gasteiger charge is 2.32. The Hall–Kier alpha value is -4.04. The zero-order chi connectivity index (χ0) is 29.6. The quantitative estimate of drug-likeness (QED) is 0.298. The first-order valence-corrected chi connectivity index (χ1v) is 15.0. The highest BCUT2D eigenvalue weighted by molar-refractivity contribution is 7.93. The molecule has 41 heavy (non-hydrogen) atoms. The number of amidine groups is 1. The molecule has 0 bridgehead atoms. The molecule has 0 spiro atoms. The fourth-order valence-corrected chi connectivity index (χ4v) is 6.31. The Kier molecular flexibility index (Phi) is 9.55. The fraction of sp³-hybridized carbons (Fsp3) is 0.333. The van der Waals surface area contributed by atoms with Gasteiger partial charge in [-0.05, 0) is 41.8 Å². The summed E-state index contributed by atoms with van der Waals surface area (Å²) in [5, 5.41) is 5.43. The molecule has 0 saturated carbocycles. The first kappa shape index (κ1) is 29.9. The first-order chi connectivity index (χ1) is 19.6. The number of amides is 1. The van der Waals surface area contributed by atoms with Gasteiger partial charge in [0.2, 0.25) is 5.91 Å². The molecule has 2 heterocycles. The number of carbonyl (C=O) groups is 2. The number of rotatable bonds is 12. The number of methoxy groups -OCH3 is 1. The number of benzene rings is 2. The summed E-state index contributed by atoms with van der Waals surface area (Å²) in [6.45, 7) is 4.88. The molecule has 1 aliphatic rings.